The number of fused-ring (bicyclic) bond motifs is 1. The summed E-state index contributed by atoms with van der Waals surface area (Å²) >= 11 is 0.994. The van der Waals surface area contributed by atoms with Gasteiger partial charge in [0.05, 0.1) is 17.6 Å². The Morgan fingerprint density at radius 1 is 1.23 bits per heavy atom. The van der Waals surface area contributed by atoms with Crippen molar-refractivity contribution in [3.63, 3.8) is 0 Å². The minimum atomic E-state index is -3.76. The van der Waals surface area contributed by atoms with E-state index < -0.39 is 15.9 Å². The Balaban J connectivity index is 1.56. The SMILES string of the molecule is CCc1cccc(C)c1NC(=O)[C@H]1CCCN(S(=O)(=O)c2cccc3nsnc23)C1. The predicted octanol–water partition coefficient (Wildman–Crippen LogP) is 3.60. The molecule has 1 aliphatic heterocycles. The number of piperidine rings is 1. The van der Waals surface area contributed by atoms with Crippen LogP contribution in [0.25, 0.3) is 11.0 Å². The molecule has 7 nitrogen and oxygen atoms in total. The van der Waals surface area contributed by atoms with Crippen molar-refractivity contribution in [1.29, 1.82) is 0 Å². The summed E-state index contributed by atoms with van der Waals surface area (Å²) in [6.07, 6.45) is 2.11. The van der Waals surface area contributed by atoms with Crippen molar-refractivity contribution in [2.75, 3.05) is 18.4 Å². The number of rotatable bonds is 5. The highest BCUT2D eigenvalue weighted by Crippen LogP contribution is 2.29. The second-order valence-electron chi connectivity index (χ2n) is 7.54. The molecule has 1 saturated heterocycles. The number of nitrogens with one attached hydrogen (secondary N) is 1. The molecule has 0 aliphatic carbocycles. The van der Waals surface area contributed by atoms with Crippen LogP contribution in [0.15, 0.2) is 41.3 Å². The lowest BCUT2D eigenvalue weighted by molar-refractivity contribution is -0.120. The number of para-hydroxylation sites is 1. The Kier molecular flexibility index (Phi) is 5.86. The summed E-state index contributed by atoms with van der Waals surface area (Å²) in [6, 6.07) is 10.9. The van der Waals surface area contributed by atoms with Gasteiger partial charge >= 0.3 is 0 Å². The molecular formula is C21H24N4O3S2. The minimum Gasteiger partial charge on any atom is -0.325 e. The molecule has 158 valence electrons. The number of hydrogen-bond acceptors (Lipinski definition) is 6. The van der Waals surface area contributed by atoms with E-state index in [1.165, 1.54) is 4.31 Å². The van der Waals surface area contributed by atoms with Gasteiger partial charge in [-0.1, -0.05) is 31.2 Å². The van der Waals surface area contributed by atoms with E-state index in [2.05, 4.69) is 14.1 Å². The van der Waals surface area contributed by atoms with E-state index in [9.17, 15) is 13.2 Å². The zero-order valence-corrected chi connectivity index (χ0v) is 18.6. The van der Waals surface area contributed by atoms with Gasteiger partial charge in [0.2, 0.25) is 15.9 Å². The van der Waals surface area contributed by atoms with Crippen LogP contribution >= 0.6 is 11.7 Å². The Morgan fingerprint density at radius 3 is 2.83 bits per heavy atom. The topological polar surface area (TPSA) is 92.3 Å². The van der Waals surface area contributed by atoms with Crippen LogP contribution in [0.1, 0.15) is 30.9 Å². The van der Waals surface area contributed by atoms with E-state index in [1.807, 2.05) is 32.0 Å². The fraction of sp³-hybridized carbons (Fsp3) is 0.381. The maximum atomic E-state index is 13.3. The third-order valence-electron chi connectivity index (χ3n) is 5.61. The number of carbonyl (C=O) groups is 1. The number of nitrogens with zero attached hydrogens (tertiary/aromatic N) is 3. The van der Waals surface area contributed by atoms with Gasteiger partial charge in [-0.15, -0.1) is 0 Å². The minimum absolute atomic E-state index is 0.132. The molecule has 1 N–H and O–H groups in total. The monoisotopic (exact) mass is 444 g/mol. The molecule has 2 heterocycles. The van der Waals surface area contributed by atoms with E-state index in [4.69, 9.17) is 0 Å². The van der Waals surface area contributed by atoms with E-state index in [0.717, 1.165) is 35.0 Å². The van der Waals surface area contributed by atoms with Crippen LogP contribution in [-0.2, 0) is 21.2 Å². The first kappa shape index (κ1) is 20.9. The number of carbonyl (C=O) groups excluding carboxylic acids is 1. The third kappa shape index (κ3) is 3.84. The van der Waals surface area contributed by atoms with Crippen LogP contribution < -0.4 is 5.32 Å². The van der Waals surface area contributed by atoms with Gasteiger partial charge in [0.25, 0.3) is 0 Å². The van der Waals surface area contributed by atoms with Crippen LogP contribution in [-0.4, -0.2) is 40.5 Å². The van der Waals surface area contributed by atoms with Crippen LogP contribution in [0.3, 0.4) is 0 Å². The van der Waals surface area contributed by atoms with Crippen molar-refractivity contribution in [3.8, 4) is 0 Å². The van der Waals surface area contributed by atoms with Gasteiger partial charge in [-0.25, -0.2) is 8.42 Å². The Morgan fingerprint density at radius 2 is 2.03 bits per heavy atom. The molecule has 1 aromatic heterocycles. The second-order valence-corrected chi connectivity index (χ2v) is 9.98. The van der Waals surface area contributed by atoms with Crippen molar-refractivity contribution >= 4 is 44.4 Å². The van der Waals surface area contributed by atoms with Gasteiger partial charge < -0.3 is 5.32 Å². The molecule has 30 heavy (non-hydrogen) atoms. The van der Waals surface area contributed by atoms with Gasteiger partial charge in [-0.05, 0) is 49.4 Å². The lowest BCUT2D eigenvalue weighted by Gasteiger charge is -2.31. The van der Waals surface area contributed by atoms with Crippen molar-refractivity contribution in [2.45, 2.75) is 38.0 Å². The molecule has 0 bridgehead atoms. The van der Waals surface area contributed by atoms with Gasteiger partial charge in [0, 0.05) is 18.8 Å². The number of amides is 1. The molecule has 0 unspecified atom stereocenters. The fourth-order valence-electron chi connectivity index (χ4n) is 3.93. The standard InChI is InChI=1S/C21H24N4O3S2/c1-3-15-8-4-7-14(2)19(15)22-21(26)16-9-6-12-25(13-16)30(27,28)18-11-5-10-17-20(18)24-29-23-17/h4-5,7-8,10-11,16H,3,6,9,12-13H2,1-2H3,(H,22,26)/t16-/m0/s1. The average Bonchev–Trinajstić information content (AvgIpc) is 3.24. The highest BCUT2D eigenvalue weighted by molar-refractivity contribution is 7.89. The molecule has 0 radical (unpaired) electrons. The summed E-state index contributed by atoms with van der Waals surface area (Å²) < 4.78 is 36.3. The molecule has 1 atom stereocenters. The number of hydrogen-bond donors (Lipinski definition) is 1. The first-order chi connectivity index (χ1) is 14.4. The maximum absolute atomic E-state index is 13.3. The Labute approximate surface area is 180 Å². The highest BCUT2D eigenvalue weighted by atomic mass is 32.2. The highest BCUT2D eigenvalue weighted by Gasteiger charge is 2.35. The smallest absolute Gasteiger partial charge is 0.245 e. The van der Waals surface area contributed by atoms with Crippen molar-refractivity contribution in [1.82, 2.24) is 13.1 Å². The number of sulfonamides is 1. The van der Waals surface area contributed by atoms with E-state index >= 15 is 0 Å². The fourth-order valence-corrected chi connectivity index (χ4v) is 6.21. The van der Waals surface area contributed by atoms with Crippen LogP contribution in [0, 0.1) is 12.8 Å². The Bertz CT molecular complexity index is 1190. The number of anilines is 1. The third-order valence-corrected chi connectivity index (χ3v) is 8.05. The lowest BCUT2D eigenvalue weighted by Crippen LogP contribution is -2.43. The predicted molar refractivity (Wildman–Crippen MR) is 118 cm³/mol. The summed E-state index contributed by atoms with van der Waals surface area (Å²) in [5, 5.41) is 3.06. The first-order valence-corrected chi connectivity index (χ1v) is 12.2. The number of aromatic nitrogens is 2. The maximum Gasteiger partial charge on any atom is 0.245 e. The molecule has 1 aliphatic rings. The van der Waals surface area contributed by atoms with Crippen molar-refractivity contribution < 1.29 is 13.2 Å². The molecular weight excluding hydrogens is 420 g/mol. The second kappa shape index (κ2) is 8.41. The summed E-state index contributed by atoms with van der Waals surface area (Å²) in [6.45, 7) is 4.57. The van der Waals surface area contributed by atoms with Crippen molar-refractivity contribution in [3.05, 3.63) is 47.5 Å². The molecule has 4 rings (SSSR count). The quantitative estimate of drug-likeness (QED) is 0.649. The molecule has 2 aromatic carbocycles. The van der Waals surface area contributed by atoms with Gasteiger partial charge in [0.1, 0.15) is 15.9 Å². The molecule has 0 spiro atoms. The molecule has 9 heteroatoms. The van der Waals surface area contributed by atoms with Gasteiger partial charge in [-0.2, -0.15) is 13.1 Å². The lowest BCUT2D eigenvalue weighted by atomic mass is 9.98. The summed E-state index contributed by atoms with van der Waals surface area (Å²) in [4.78, 5) is 13.2. The number of benzene rings is 2. The number of aryl methyl sites for hydroxylation is 2. The molecule has 0 saturated carbocycles. The summed E-state index contributed by atoms with van der Waals surface area (Å²) in [5.74, 6) is -0.530. The van der Waals surface area contributed by atoms with Crippen molar-refractivity contribution in [2.24, 2.45) is 5.92 Å². The first-order valence-electron chi connectivity index (χ1n) is 10.0. The molecule has 1 amide bonds. The van der Waals surface area contributed by atoms with E-state index in [-0.39, 0.29) is 17.3 Å². The largest absolute Gasteiger partial charge is 0.325 e. The van der Waals surface area contributed by atoms with E-state index in [0.29, 0.717) is 30.4 Å². The zero-order chi connectivity index (χ0) is 21.3. The average molecular weight is 445 g/mol. The Hall–Kier alpha value is -2.36. The van der Waals surface area contributed by atoms with Gasteiger partial charge in [-0.3, -0.25) is 4.79 Å². The van der Waals surface area contributed by atoms with Crippen LogP contribution in [0.4, 0.5) is 5.69 Å². The van der Waals surface area contributed by atoms with Crippen LogP contribution in [0.2, 0.25) is 0 Å². The summed E-state index contributed by atoms with van der Waals surface area (Å²) in [5.41, 5.74) is 3.88. The zero-order valence-electron chi connectivity index (χ0n) is 17.0. The normalized spacial score (nSPS) is 17.9. The summed E-state index contributed by atoms with van der Waals surface area (Å²) in [7, 11) is -3.76. The molecule has 3 aromatic rings. The van der Waals surface area contributed by atoms with Gasteiger partial charge in [0.15, 0.2) is 0 Å². The molecule has 1 fully saturated rings. The van der Waals surface area contributed by atoms with E-state index in [1.54, 1.807) is 18.2 Å². The van der Waals surface area contributed by atoms with Crippen LogP contribution in [0.5, 0.6) is 0 Å².